The van der Waals surface area contributed by atoms with E-state index in [1.165, 1.54) is 6.92 Å². The number of H-pyrrole nitrogens is 1. The van der Waals surface area contributed by atoms with Crippen LogP contribution in [0.15, 0.2) is 29.1 Å². The number of rotatable bonds is 4. The summed E-state index contributed by atoms with van der Waals surface area (Å²) in [6.07, 6.45) is -0.162. The molecule has 0 unspecified atom stereocenters. The van der Waals surface area contributed by atoms with Crippen molar-refractivity contribution in [2.24, 2.45) is 0 Å². The first kappa shape index (κ1) is 20.5. The zero-order valence-electron chi connectivity index (χ0n) is 16.9. The first-order chi connectivity index (χ1) is 14.9. The predicted octanol–water partition coefficient (Wildman–Crippen LogP) is 0.629. The molecule has 1 aromatic heterocycles. The second-order valence-electron chi connectivity index (χ2n) is 7.30. The lowest BCUT2D eigenvalue weighted by molar-refractivity contribution is -0.123. The van der Waals surface area contributed by atoms with Crippen molar-refractivity contribution < 1.29 is 19.1 Å². The van der Waals surface area contributed by atoms with Gasteiger partial charge in [-0.1, -0.05) is 0 Å². The Bertz CT molecular complexity index is 1070. The van der Waals surface area contributed by atoms with Crippen LogP contribution in [-0.4, -0.2) is 54.0 Å². The molecule has 31 heavy (non-hydrogen) atoms. The molecule has 0 spiro atoms. The zero-order chi connectivity index (χ0) is 22.0. The summed E-state index contributed by atoms with van der Waals surface area (Å²) >= 11 is 0. The molecule has 3 heterocycles. The highest BCUT2D eigenvalue weighted by Gasteiger charge is 2.35. The van der Waals surface area contributed by atoms with Crippen molar-refractivity contribution in [2.45, 2.75) is 19.3 Å². The lowest BCUT2D eigenvalue weighted by Gasteiger charge is -2.29. The van der Waals surface area contributed by atoms with E-state index in [4.69, 9.17) is 4.74 Å². The van der Waals surface area contributed by atoms with Gasteiger partial charge in [-0.3, -0.25) is 24.2 Å². The van der Waals surface area contributed by atoms with E-state index in [0.717, 1.165) is 0 Å². The molecule has 162 valence electrons. The van der Waals surface area contributed by atoms with E-state index in [0.29, 0.717) is 43.6 Å². The molecule has 2 aromatic rings. The van der Waals surface area contributed by atoms with Gasteiger partial charge in [-0.2, -0.15) is 4.98 Å². The lowest BCUT2D eigenvalue weighted by atomic mass is 9.92. The van der Waals surface area contributed by atoms with Gasteiger partial charge >= 0.3 is 0 Å². The summed E-state index contributed by atoms with van der Waals surface area (Å²) in [5.41, 5.74) is 0.724. The molecule has 1 saturated heterocycles. The first-order valence-corrected chi connectivity index (χ1v) is 9.86. The highest BCUT2D eigenvalue weighted by Crippen LogP contribution is 2.30. The molecule has 4 N–H and O–H groups in total. The van der Waals surface area contributed by atoms with Crippen LogP contribution in [0.3, 0.4) is 0 Å². The van der Waals surface area contributed by atoms with Crippen molar-refractivity contribution >= 4 is 40.9 Å². The summed E-state index contributed by atoms with van der Waals surface area (Å²) in [7, 11) is 0. The number of nitrogens with zero attached hydrogens (tertiary/aromatic N) is 2. The number of carbonyl (C=O) groups is 3. The summed E-state index contributed by atoms with van der Waals surface area (Å²) < 4.78 is 5.31. The molecule has 11 nitrogen and oxygen atoms in total. The second-order valence-corrected chi connectivity index (χ2v) is 7.30. The first-order valence-electron chi connectivity index (χ1n) is 9.86. The van der Waals surface area contributed by atoms with E-state index in [-0.39, 0.29) is 29.6 Å². The van der Waals surface area contributed by atoms with Gasteiger partial charge in [-0.25, -0.2) is 0 Å². The molecule has 2 aliphatic heterocycles. The third-order valence-electron chi connectivity index (χ3n) is 5.04. The summed E-state index contributed by atoms with van der Waals surface area (Å²) in [5.74, 6) is -1.63. The maximum absolute atomic E-state index is 12.9. The number of fused-ring (bicyclic) bond motifs is 1. The molecule has 0 radical (unpaired) electrons. The average Bonchev–Trinajstić information content (AvgIpc) is 2.74. The number of aromatic amines is 1. The van der Waals surface area contributed by atoms with Crippen molar-refractivity contribution in [3.8, 4) is 0 Å². The maximum Gasteiger partial charge on any atom is 0.258 e. The molecule has 4 rings (SSSR count). The fourth-order valence-corrected chi connectivity index (χ4v) is 3.58. The fraction of sp³-hybridized carbons (Fsp3) is 0.350. The van der Waals surface area contributed by atoms with Gasteiger partial charge in [0.15, 0.2) is 0 Å². The van der Waals surface area contributed by atoms with Gasteiger partial charge in [-0.15, -0.1) is 0 Å². The Morgan fingerprint density at radius 2 is 1.74 bits per heavy atom. The van der Waals surface area contributed by atoms with Crippen molar-refractivity contribution in [3.05, 3.63) is 40.2 Å². The van der Waals surface area contributed by atoms with Crippen molar-refractivity contribution in [1.82, 2.24) is 9.97 Å². The van der Waals surface area contributed by atoms with Crippen molar-refractivity contribution in [1.29, 1.82) is 0 Å². The van der Waals surface area contributed by atoms with E-state index >= 15 is 0 Å². The van der Waals surface area contributed by atoms with Gasteiger partial charge in [0.05, 0.1) is 24.7 Å². The van der Waals surface area contributed by atoms with E-state index in [1.54, 1.807) is 24.3 Å². The highest BCUT2D eigenvalue weighted by atomic mass is 16.5. The Kier molecular flexibility index (Phi) is 5.67. The minimum atomic E-state index is -0.978. The van der Waals surface area contributed by atoms with E-state index in [2.05, 4.69) is 25.9 Å². The average molecular weight is 426 g/mol. The summed E-state index contributed by atoms with van der Waals surface area (Å²) in [4.78, 5) is 58.1. The SMILES string of the molecule is CC(=O)Nc1ccc(NC(=O)[C@H]2CC(=O)Nc3nc(N4CCOCC4)[nH]c(=O)c32)cc1. The Labute approximate surface area is 177 Å². The van der Waals surface area contributed by atoms with E-state index in [9.17, 15) is 19.2 Å². The number of benzene rings is 1. The molecular weight excluding hydrogens is 404 g/mol. The van der Waals surface area contributed by atoms with Crippen LogP contribution in [0.4, 0.5) is 23.1 Å². The number of aromatic nitrogens is 2. The number of morpholine rings is 1. The number of carbonyl (C=O) groups excluding carboxylic acids is 3. The third kappa shape index (κ3) is 4.56. The maximum atomic E-state index is 12.9. The van der Waals surface area contributed by atoms with Crippen LogP contribution in [0.25, 0.3) is 0 Å². The monoisotopic (exact) mass is 426 g/mol. The Hall–Kier alpha value is -3.73. The molecule has 0 bridgehead atoms. The summed E-state index contributed by atoms with van der Waals surface area (Å²) in [5, 5.41) is 7.96. The van der Waals surface area contributed by atoms with Crippen molar-refractivity contribution in [3.63, 3.8) is 0 Å². The summed E-state index contributed by atoms with van der Waals surface area (Å²) in [6, 6.07) is 6.52. The minimum absolute atomic E-state index is 0.0997. The smallest absolute Gasteiger partial charge is 0.258 e. The van der Waals surface area contributed by atoms with Crippen LogP contribution in [0.1, 0.15) is 24.8 Å². The standard InChI is InChI=1S/C20H22N6O5/c1-11(27)21-12-2-4-13(5-3-12)22-18(29)14-10-15(28)23-17-16(14)19(30)25-20(24-17)26-6-8-31-9-7-26/h2-5,14H,6-10H2,1H3,(H,21,27)(H,22,29)(H2,23,24,25,28,30)/t14-/m0/s1. The predicted molar refractivity (Wildman–Crippen MR) is 113 cm³/mol. The molecule has 3 amide bonds. The van der Waals surface area contributed by atoms with Crippen LogP contribution in [0, 0.1) is 0 Å². The van der Waals surface area contributed by atoms with Gasteiger partial charge in [0.2, 0.25) is 23.7 Å². The van der Waals surface area contributed by atoms with Gasteiger partial charge in [0.1, 0.15) is 5.82 Å². The zero-order valence-corrected chi connectivity index (χ0v) is 16.9. The van der Waals surface area contributed by atoms with Gasteiger partial charge < -0.3 is 25.6 Å². The normalized spacial score (nSPS) is 18.0. The molecule has 1 fully saturated rings. The van der Waals surface area contributed by atoms with Gasteiger partial charge in [0, 0.05) is 37.8 Å². The highest BCUT2D eigenvalue weighted by molar-refractivity contribution is 6.04. The van der Waals surface area contributed by atoms with Crippen LogP contribution < -0.4 is 26.4 Å². The molecular formula is C20H22N6O5. The van der Waals surface area contributed by atoms with Crippen LogP contribution in [0.2, 0.25) is 0 Å². The van der Waals surface area contributed by atoms with Gasteiger partial charge in [0.25, 0.3) is 5.56 Å². The fourth-order valence-electron chi connectivity index (χ4n) is 3.58. The quantitative estimate of drug-likeness (QED) is 0.561. The van der Waals surface area contributed by atoms with Gasteiger partial charge in [-0.05, 0) is 24.3 Å². The summed E-state index contributed by atoms with van der Waals surface area (Å²) in [6.45, 7) is 3.55. The molecule has 1 atom stereocenters. The Morgan fingerprint density at radius 3 is 2.39 bits per heavy atom. The second kappa shape index (κ2) is 8.56. The van der Waals surface area contributed by atoms with E-state index < -0.39 is 17.4 Å². The van der Waals surface area contributed by atoms with Crippen LogP contribution >= 0.6 is 0 Å². The number of hydrogen-bond donors (Lipinski definition) is 4. The molecule has 0 saturated carbocycles. The van der Waals surface area contributed by atoms with Crippen LogP contribution in [-0.2, 0) is 19.1 Å². The number of amides is 3. The number of ether oxygens (including phenoxy) is 1. The Morgan fingerprint density at radius 1 is 1.10 bits per heavy atom. The van der Waals surface area contributed by atoms with E-state index in [1.807, 2.05) is 4.90 Å². The largest absolute Gasteiger partial charge is 0.378 e. The molecule has 0 aliphatic carbocycles. The topological polar surface area (TPSA) is 146 Å². The minimum Gasteiger partial charge on any atom is -0.378 e. The number of hydrogen-bond acceptors (Lipinski definition) is 7. The number of anilines is 4. The van der Waals surface area contributed by atoms with Crippen molar-refractivity contribution in [2.75, 3.05) is 47.2 Å². The molecule has 11 heteroatoms. The lowest BCUT2D eigenvalue weighted by Crippen LogP contribution is -2.41. The number of nitrogens with one attached hydrogen (secondary N) is 4. The third-order valence-corrected chi connectivity index (χ3v) is 5.04. The Balaban J connectivity index is 1.57. The van der Waals surface area contributed by atoms with Crippen LogP contribution in [0.5, 0.6) is 0 Å². The molecule has 2 aliphatic rings. The molecule has 1 aromatic carbocycles.